The van der Waals surface area contributed by atoms with Crippen LogP contribution in [-0.2, 0) is 6.54 Å². The molecule has 1 N–H and O–H groups in total. The van der Waals surface area contributed by atoms with Crippen LogP contribution in [-0.4, -0.2) is 29.3 Å². The Labute approximate surface area is 119 Å². The van der Waals surface area contributed by atoms with Crippen LogP contribution in [0.4, 0.5) is 5.69 Å². The lowest BCUT2D eigenvalue weighted by atomic mass is 10.0. The van der Waals surface area contributed by atoms with Crippen molar-refractivity contribution < 1.29 is 0 Å². The molecule has 0 aliphatic carbocycles. The normalized spacial score (nSPS) is 16.3. The van der Waals surface area contributed by atoms with Crippen molar-refractivity contribution >= 4 is 5.69 Å². The third kappa shape index (κ3) is 3.33. The molecule has 0 saturated carbocycles. The summed E-state index contributed by atoms with van der Waals surface area (Å²) in [6.45, 7) is 3.04. The number of piperidine rings is 1. The van der Waals surface area contributed by atoms with Gasteiger partial charge in [0.1, 0.15) is 0 Å². The molecule has 3 rings (SSSR count). The minimum atomic E-state index is 0.581. The summed E-state index contributed by atoms with van der Waals surface area (Å²) in [5.74, 6) is 0. The Morgan fingerprint density at radius 3 is 2.55 bits per heavy atom. The summed E-state index contributed by atoms with van der Waals surface area (Å²) in [6.07, 6.45) is 4.06. The summed E-state index contributed by atoms with van der Waals surface area (Å²) < 4.78 is 0. The number of benzene rings is 1. The summed E-state index contributed by atoms with van der Waals surface area (Å²) in [4.78, 5) is 2.46. The molecule has 1 fully saturated rings. The van der Waals surface area contributed by atoms with E-state index in [0.717, 1.165) is 25.3 Å². The number of para-hydroxylation sites is 1. The van der Waals surface area contributed by atoms with E-state index in [1.165, 1.54) is 18.5 Å². The number of anilines is 1. The van der Waals surface area contributed by atoms with Crippen LogP contribution in [0.1, 0.15) is 18.5 Å². The molecule has 0 unspecified atom stereocenters. The van der Waals surface area contributed by atoms with Crippen molar-refractivity contribution in [2.24, 2.45) is 0 Å². The predicted octanol–water partition coefficient (Wildman–Crippen LogP) is 2.24. The Bertz CT molecular complexity index is 507. The van der Waals surface area contributed by atoms with Crippen LogP contribution in [0.25, 0.3) is 0 Å². The van der Waals surface area contributed by atoms with E-state index in [-0.39, 0.29) is 0 Å². The van der Waals surface area contributed by atoms with Crippen LogP contribution >= 0.6 is 0 Å². The zero-order valence-corrected chi connectivity index (χ0v) is 11.6. The Morgan fingerprint density at radius 2 is 1.85 bits per heavy atom. The summed E-state index contributed by atoms with van der Waals surface area (Å²) in [7, 11) is 0. The Morgan fingerprint density at radius 1 is 1.05 bits per heavy atom. The highest BCUT2D eigenvalue weighted by Crippen LogP contribution is 2.19. The molecular weight excluding hydrogens is 248 g/mol. The zero-order valence-electron chi connectivity index (χ0n) is 11.6. The molecular formula is C16H20N4. The van der Waals surface area contributed by atoms with E-state index in [1.807, 2.05) is 12.1 Å². The first-order chi connectivity index (χ1) is 9.92. The van der Waals surface area contributed by atoms with Gasteiger partial charge in [-0.25, -0.2) is 0 Å². The molecule has 2 heterocycles. The monoisotopic (exact) mass is 268 g/mol. The lowest BCUT2D eigenvalue weighted by Gasteiger charge is -2.34. The standard InChI is InChI=1S/C16H20N4/c1-2-6-16(7-3-1)20-11-8-14(9-12-20)17-13-15-5-4-10-18-19-15/h1-7,10,14,17H,8-9,11-13H2. The average molecular weight is 268 g/mol. The second-order valence-electron chi connectivity index (χ2n) is 5.19. The molecule has 0 atom stereocenters. The fourth-order valence-electron chi connectivity index (χ4n) is 2.66. The molecule has 0 amide bonds. The Balaban J connectivity index is 1.47. The highest BCUT2D eigenvalue weighted by molar-refractivity contribution is 5.46. The van der Waals surface area contributed by atoms with Crippen molar-refractivity contribution in [2.75, 3.05) is 18.0 Å². The molecule has 1 aromatic carbocycles. The van der Waals surface area contributed by atoms with E-state index in [2.05, 4.69) is 50.7 Å². The SMILES string of the molecule is c1ccc(N2CCC(NCc3cccnn3)CC2)cc1. The summed E-state index contributed by atoms with van der Waals surface area (Å²) in [5.41, 5.74) is 2.35. The quantitative estimate of drug-likeness (QED) is 0.923. The van der Waals surface area contributed by atoms with Gasteiger partial charge in [0.25, 0.3) is 0 Å². The van der Waals surface area contributed by atoms with Crippen molar-refractivity contribution in [2.45, 2.75) is 25.4 Å². The van der Waals surface area contributed by atoms with E-state index in [9.17, 15) is 0 Å². The Kier molecular flexibility index (Phi) is 4.23. The predicted molar refractivity (Wildman–Crippen MR) is 80.5 cm³/mol. The molecule has 1 aliphatic rings. The van der Waals surface area contributed by atoms with E-state index < -0.39 is 0 Å². The number of hydrogen-bond donors (Lipinski definition) is 1. The third-order valence-corrected chi connectivity index (χ3v) is 3.82. The molecule has 1 saturated heterocycles. The van der Waals surface area contributed by atoms with Gasteiger partial charge in [-0.1, -0.05) is 18.2 Å². The van der Waals surface area contributed by atoms with Gasteiger partial charge in [-0.3, -0.25) is 0 Å². The average Bonchev–Trinajstić information content (AvgIpc) is 2.55. The molecule has 2 aromatic rings. The molecule has 4 nitrogen and oxygen atoms in total. The molecule has 0 spiro atoms. The van der Waals surface area contributed by atoms with Crippen molar-refractivity contribution in [3.63, 3.8) is 0 Å². The topological polar surface area (TPSA) is 41.0 Å². The highest BCUT2D eigenvalue weighted by Gasteiger charge is 2.18. The van der Waals surface area contributed by atoms with Crippen molar-refractivity contribution in [3.8, 4) is 0 Å². The minimum absolute atomic E-state index is 0.581. The number of nitrogens with zero attached hydrogens (tertiary/aromatic N) is 3. The zero-order chi connectivity index (χ0) is 13.6. The van der Waals surface area contributed by atoms with E-state index >= 15 is 0 Å². The van der Waals surface area contributed by atoms with E-state index in [0.29, 0.717) is 6.04 Å². The van der Waals surface area contributed by atoms with Gasteiger partial charge in [0.2, 0.25) is 0 Å². The van der Waals surface area contributed by atoms with Crippen LogP contribution < -0.4 is 10.2 Å². The maximum absolute atomic E-state index is 4.10. The minimum Gasteiger partial charge on any atom is -0.371 e. The van der Waals surface area contributed by atoms with Crippen LogP contribution in [0, 0.1) is 0 Å². The van der Waals surface area contributed by atoms with Gasteiger partial charge < -0.3 is 10.2 Å². The maximum Gasteiger partial charge on any atom is 0.0769 e. The maximum atomic E-state index is 4.10. The second kappa shape index (κ2) is 6.48. The van der Waals surface area contributed by atoms with E-state index in [4.69, 9.17) is 0 Å². The van der Waals surface area contributed by atoms with Gasteiger partial charge in [-0.2, -0.15) is 10.2 Å². The van der Waals surface area contributed by atoms with Gasteiger partial charge in [-0.15, -0.1) is 0 Å². The second-order valence-corrected chi connectivity index (χ2v) is 5.19. The lowest BCUT2D eigenvalue weighted by Crippen LogP contribution is -2.42. The first kappa shape index (κ1) is 13.1. The largest absolute Gasteiger partial charge is 0.371 e. The van der Waals surface area contributed by atoms with Gasteiger partial charge >= 0.3 is 0 Å². The van der Waals surface area contributed by atoms with E-state index in [1.54, 1.807) is 6.20 Å². The third-order valence-electron chi connectivity index (χ3n) is 3.82. The lowest BCUT2D eigenvalue weighted by molar-refractivity contribution is 0.411. The first-order valence-electron chi connectivity index (χ1n) is 7.22. The number of nitrogens with one attached hydrogen (secondary N) is 1. The summed E-state index contributed by atoms with van der Waals surface area (Å²) in [5, 5.41) is 11.6. The smallest absolute Gasteiger partial charge is 0.0769 e. The van der Waals surface area contributed by atoms with Crippen LogP contribution in [0.5, 0.6) is 0 Å². The molecule has 0 radical (unpaired) electrons. The van der Waals surface area contributed by atoms with Crippen molar-refractivity contribution in [3.05, 3.63) is 54.4 Å². The van der Waals surface area contributed by atoms with Gasteiger partial charge in [0.15, 0.2) is 0 Å². The van der Waals surface area contributed by atoms with Crippen LogP contribution in [0.3, 0.4) is 0 Å². The van der Waals surface area contributed by atoms with Crippen molar-refractivity contribution in [1.82, 2.24) is 15.5 Å². The molecule has 4 heteroatoms. The van der Waals surface area contributed by atoms with Crippen LogP contribution in [0.2, 0.25) is 0 Å². The van der Waals surface area contributed by atoms with Gasteiger partial charge in [-0.05, 0) is 37.1 Å². The fourth-order valence-corrected chi connectivity index (χ4v) is 2.66. The molecule has 1 aromatic heterocycles. The van der Waals surface area contributed by atoms with Crippen LogP contribution in [0.15, 0.2) is 48.7 Å². The molecule has 104 valence electrons. The van der Waals surface area contributed by atoms with Gasteiger partial charge in [0.05, 0.1) is 5.69 Å². The number of rotatable bonds is 4. The fraction of sp³-hybridized carbons (Fsp3) is 0.375. The summed E-state index contributed by atoms with van der Waals surface area (Å²) in [6, 6.07) is 15.2. The highest BCUT2D eigenvalue weighted by atomic mass is 15.2. The van der Waals surface area contributed by atoms with Gasteiger partial charge in [0, 0.05) is 37.6 Å². The molecule has 0 bridgehead atoms. The molecule has 20 heavy (non-hydrogen) atoms. The Hall–Kier alpha value is -1.94. The number of aromatic nitrogens is 2. The first-order valence-corrected chi connectivity index (χ1v) is 7.22. The summed E-state index contributed by atoms with van der Waals surface area (Å²) >= 11 is 0. The van der Waals surface area contributed by atoms with Crippen molar-refractivity contribution in [1.29, 1.82) is 0 Å². The molecule has 1 aliphatic heterocycles. The number of hydrogen-bond acceptors (Lipinski definition) is 4.